The van der Waals surface area contributed by atoms with Crippen LogP contribution in [0.5, 0.6) is 0 Å². The highest BCUT2D eigenvalue weighted by Gasteiger charge is 2.29. The van der Waals surface area contributed by atoms with Gasteiger partial charge in [-0.15, -0.1) is 0 Å². The molecule has 4 atom stereocenters. The molecule has 7 heteroatoms. The average molecular weight is 286 g/mol. The van der Waals surface area contributed by atoms with E-state index in [1.54, 1.807) is 0 Å². The lowest BCUT2D eigenvalue weighted by molar-refractivity contribution is -0.145. The van der Waals surface area contributed by atoms with Crippen LogP contribution in [0.1, 0.15) is 39.5 Å². The first kappa shape index (κ1) is 16.3. The summed E-state index contributed by atoms with van der Waals surface area (Å²) in [5.41, 5.74) is 0. The minimum Gasteiger partial charge on any atom is -0.481 e. The van der Waals surface area contributed by atoms with Crippen LogP contribution in [0.3, 0.4) is 0 Å². The zero-order valence-corrected chi connectivity index (χ0v) is 11.8. The van der Waals surface area contributed by atoms with Gasteiger partial charge in [-0.2, -0.15) is 0 Å². The number of amides is 2. The van der Waals surface area contributed by atoms with E-state index in [2.05, 4.69) is 24.5 Å². The Kier molecular flexibility index (Phi) is 5.79. The Balaban J connectivity index is 2.52. The van der Waals surface area contributed by atoms with Crippen molar-refractivity contribution in [2.24, 2.45) is 11.8 Å². The van der Waals surface area contributed by atoms with Crippen molar-refractivity contribution in [2.45, 2.75) is 51.6 Å². The summed E-state index contributed by atoms with van der Waals surface area (Å²) >= 11 is 0. The first-order chi connectivity index (χ1) is 9.31. The lowest BCUT2D eigenvalue weighted by atomic mass is 9.78. The Labute approximate surface area is 117 Å². The fraction of sp³-hybridized carbons (Fsp3) is 0.769. The SMILES string of the molecule is CC1CCCC(NC(=O)N[C@@H](CC(=O)O)C(=O)O)C1C. The highest BCUT2D eigenvalue weighted by atomic mass is 16.4. The van der Waals surface area contributed by atoms with Crippen molar-refractivity contribution in [3.05, 3.63) is 0 Å². The zero-order chi connectivity index (χ0) is 15.3. The number of nitrogens with one attached hydrogen (secondary N) is 2. The van der Waals surface area contributed by atoms with Gasteiger partial charge in [0.05, 0.1) is 6.42 Å². The van der Waals surface area contributed by atoms with Crippen LogP contribution in [-0.2, 0) is 9.59 Å². The van der Waals surface area contributed by atoms with E-state index in [9.17, 15) is 14.4 Å². The third-order valence-electron chi connectivity index (χ3n) is 4.01. The summed E-state index contributed by atoms with van der Waals surface area (Å²) in [6, 6.07) is -2.04. The number of rotatable bonds is 5. The van der Waals surface area contributed by atoms with Crippen LogP contribution in [0, 0.1) is 11.8 Å². The minimum absolute atomic E-state index is 0.00183. The van der Waals surface area contributed by atoms with Gasteiger partial charge in [-0.05, 0) is 18.3 Å². The maximum Gasteiger partial charge on any atom is 0.326 e. The van der Waals surface area contributed by atoms with E-state index < -0.39 is 30.4 Å². The van der Waals surface area contributed by atoms with Crippen LogP contribution in [0.15, 0.2) is 0 Å². The summed E-state index contributed by atoms with van der Waals surface area (Å²) in [5.74, 6) is -1.80. The van der Waals surface area contributed by atoms with Gasteiger partial charge in [0.25, 0.3) is 0 Å². The second-order valence-electron chi connectivity index (χ2n) is 5.48. The molecule has 2 amide bonds. The third kappa shape index (κ3) is 4.71. The summed E-state index contributed by atoms with van der Waals surface area (Å²) in [7, 11) is 0. The predicted octanol–water partition coefficient (Wildman–Crippen LogP) is 1.04. The Morgan fingerprint density at radius 3 is 2.40 bits per heavy atom. The van der Waals surface area contributed by atoms with Gasteiger partial charge in [0, 0.05) is 6.04 Å². The van der Waals surface area contributed by atoms with E-state index >= 15 is 0 Å². The highest BCUT2D eigenvalue weighted by Crippen LogP contribution is 2.29. The van der Waals surface area contributed by atoms with Crippen molar-refractivity contribution in [3.8, 4) is 0 Å². The summed E-state index contributed by atoms with van der Waals surface area (Å²) in [6.07, 6.45) is 2.36. The normalized spacial score (nSPS) is 27.4. The Hall–Kier alpha value is -1.79. The molecule has 114 valence electrons. The molecule has 1 aliphatic carbocycles. The lowest BCUT2D eigenvalue weighted by Crippen LogP contribution is -2.52. The summed E-state index contributed by atoms with van der Waals surface area (Å²) in [6.45, 7) is 4.18. The first-order valence-electron chi connectivity index (χ1n) is 6.83. The van der Waals surface area contributed by atoms with E-state index in [0.29, 0.717) is 11.8 Å². The Bertz CT molecular complexity index is 385. The number of urea groups is 1. The van der Waals surface area contributed by atoms with E-state index in [1.165, 1.54) is 0 Å². The fourth-order valence-corrected chi connectivity index (χ4v) is 2.53. The van der Waals surface area contributed by atoms with Gasteiger partial charge in [0.2, 0.25) is 0 Å². The van der Waals surface area contributed by atoms with Crippen LogP contribution < -0.4 is 10.6 Å². The van der Waals surface area contributed by atoms with Gasteiger partial charge in [-0.3, -0.25) is 4.79 Å². The number of carboxylic acid groups (broad SMARTS) is 2. The molecular formula is C13H22N2O5. The topological polar surface area (TPSA) is 116 Å². The fourth-order valence-electron chi connectivity index (χ4n) is 2.53. The van der Waals surface area contributed by atoms with Gasteiger partial charge < -0.3 is 20.8 Å². The van der Waals surface area contributed by atoms with Gasteiger partial charge >= 0.3 is 18.0 Å². The maximum atomic E-state index is 11.8. The Morgan fingerprint density at radius 2 is 1.85 bits per heavy atom. The second kappa shape index (κ2) is 7.12. The molecule has 3 unspecified atom stereocenters. The van der Waals surface area contributed by atoms with Crippen molar-refractivity contribution in [1.82, 2.24) is 10.6 Å². The van der Waals surface area contributed by atoms with Crippen molar-refractivity contribution in [1.29, 1.82) is 0 Å². The molecule has 0 radical (unpaired) electrons. The second-order valence-corrected chi connectivity index (χ2v) is 5.48. The lowest BCUT2D eigenvalue weighted by Gasteiger charge is -2.34. The molecule has 20 heavy (non-hydrogen) atoms. The molecule has 0 heterocycles. The number of hydrogen-bond donors (Lipinski definition) is 4. The standard InChI is InChI=1S/C13H22N2O5/c1-7-4-3-5-9(8(7)2)14-13(20)15-10(12(18)19)6-11(16)17/h7-10H,3-6H2,1-2H3,(H,16,17)(H,18,19)(H2,14,15,20)/t7?,8?,9?,10-/m0/s1. The molecule has 4 N–H and O–H groups in total. The molecule has 0 spiro atoms. The number of hydrogen-bond acceptors (Lipinski definition) is 3. The highest BCUT2D eigenvalue weighted by molar-refractivity contribution is 5.86. The number of aliphatic carboxylic acids is 2. The molecule has 1 saturated carbocycles. The molecule has 7 nitrogen and oxygen atoms in total. The number of carbonyl (C=O) groups is 3. The van der Waals surface area contributed by atoms with Crippen molar-refractivity contribution >= 4 is 18.0 Å². The van der Waals surface area contributed by atoms with E-state index in [-0.39, 0.29) is 6.04 Å². The quantitative estimate of drug-likeness (QED) is 0.602. The van der Waals surface area contributed by atoms with Crippen LogP contribution in [0.4, 0.5) is 4.79 Å². The first-order valence-corrected chi connectivity index (χ1v) is 6.83. The molecule has 0 aliphatic heterocycles. The monoisotopic (exact) mass is 286 g/mol. The number of carbonyl (C=O) groups excluding carboxylic acids is 1. The molecule has 1 rings (SSSR count). The van der Waals surface area contributed by atoms with E-state index in [4.69, 9.17) is 10.2 Å². The molecule has 1 aliphatic rings. The van der Waals surface area contributed by atoms with Crippen LogP contribution in [0.2, 0.25) is 0 Å². The van der Waals surface area contributed by atoms with Gasteiger partial charge in [0.15, 0.2) is 0 Å². The Morgan fingerprint density at radius 1 is 1.20 bits per heavy atom. The van der Waals surface area contributed by atoms with Gasteiger partial charge in [-0.1, -0.05) is 26.7 Å². The predicted molar refractivity (Wildman–Crippen MR) is 71.3 cm³/mol. The molecule has 0 bridgehead atoms. The molecule has 0 saturated heterocycles. The molecular weight excluding hydrogens is 264 g/mol. The van der Waals surface area contributed by atoms with Crippen molar-refractivity contribution in [2.75, 3.05) is 0 Å². The van der Waals surface area contributed by atoms with Crippen molar-refractivity contribution < 1.29 is 24.6 Å². The van der Waals surface area contributed by atoms with E-state index in [1.807, 2.05) is 0 Å². The van der Waals surface area contributed by atoms with E-state index in [0.717, 1.165) is 19.3 Å². The minimum atomic E-state index is -1.41. The molecule has 0 aromatic rings. The molecule has 0 aromatic heterocycles. The molecule has 1 fully saturated rings. The summed E-state index contributed by atoms with van der Waals surface area (Å²) in [4.78, 5) is 33.2. The smallest absolute Gasteiger partial charge is 0.326 e. The van der Waals surface area contributed by atoms with Gasteiger partial charge in [-0.25, -0.2) is 9.59 Å². The van der Waals surface area contributed by atoms with Crippen molar-refractivity contribution in [3.63, 3.8) is 0 Å². The maximum absolute atomic E-state index is 11.8. The number of carboxylic acids is 2. The largest absolute Gasteiger partial charge is 0.481 e. The van der Waals surface area contributed by atoms with Crippen LogP contribution in [-0.4, -0.2) is 40.3 Å². The summed E-state index contributed by atoms with van der Waals surface area (Å²) in [5, 5.41) is 22.4. The third-order valence-corrected chi connectivity index (χ3v) is 4.01. The summed E-state index contributed by atoms with van der Waals surface area (Å²) < 4.78 is 0. The van der Waals surface area contributed by atoms with Gasteiger partial charge in [0.1, 0.15) is 6.04 Å². The zero-order valence-electron chi connectivity index (χ0n) is 11.8. The molecule has 0 aromatic carbocycles. The van der Waals surface area contributed by atoms with Crippen LogP contribution in [0.25, 0.3) is 0 Å². The van der Waals surface area contributed by atoms with Crippen LogP contribution >= 0.6 is 0 Å². The average Bonchev–Trinajstić information content (AvgIpc) is 2.33.